The molecule has 2 N–H and O–H groups in total. The van der Waals surface area contributed by atoms with Crippen molar-refractivity contribution in [2.75, 3.05) is 6.54 Å². The van der Waals surface area contributed by atoms with E-state index in [1.165, 1.54) is 5.56 Å². The van der Waals surface area contributed by atoms with E-state index in [0.717, 1.165) is 17.9 Å². The maximum absolute atomic E-state index is 11.6. The van der Waals surface area contributed by atoms with Crippen molar-refractivity contribution < 1.29 is 13.9 Å². The van der Waals surface area contributed by atoms with Crippen molar-refractivity contribution in [2.45, 2.75) is 19.1 Å². The van der Waals surface area contributed by atoms with Crippen molar-refractivity contribution in [3.05, 3.63) is 54.0 Å². The lowest BCUT2D eigenvalue weighted by Crippen LogP contribution is -2.40. The summed E-state index contributed by atoms with van der Waals surface area (Å²) in [7, 11) is 0. The van der Waals surface area contributed by atoms with Crippen LogP contribution >= 0.6 is 0 Å². The van der Waals surface area contributed by atoms with Crippen molar-refractivity contribution in [3.63, 3.8) is 0 Å². The third-order valence-corrected chi connectivity index (χ3v) is 3.21. The number of fused-ring (bicyclic) bond motifs is 1. The number of furan rings is 1. The third-order valence-electron chi connectivity index (χ3n) is 3.21. The van der Waals surface area contributed by atoms with Crippen LogP contribution in [0.5, 0.6) is 5.75 Å². The predicted octanol–water partition coefficient (Wildman–Crippen LogP) is 2.08. The quantitative estimate of drug-likeness (QED) is 0.895. The molecular weight excluding hydrogens is 256 g/mol. The summed E-state index contributed by atoms with van der Waals surface area (Å²) in [4.78, 5) is 11.6. The predicted molar refractivity (Wildman–Crippen MR) is 73.5 cm³/mol. The highest BCUT2D eigenvalue weighted by Gasteiger charge is 2.22. The van der Waals surface area contributed by atoms with Gasteiger partial charge in [0, 0.05) is 6.42 Å². The fraction of sp³-hybridized carbons (Fsp3) is 0.267. The zero-order valence-electron chi connectivity index (χ0n) is 11.0. The molecule has 0 aliphatic carbocycles. The number of hydrogen-bond donors (Lipinski definition) is 2. The van der Waals surface area contributed by atoms with Crippen LogP contribution in [0.15, 0.2) is 47.1 Å². The molecule has 2 aromatic rings. The molecule has 1 aliphatic rings. The topological polar surface area (TPSA) is 63.5 Å². The van der Waals surface area contributed by atoms with Crippen molar-refractivity contribution in [2.24, 2.45) is 0 Å². The molecule has 5 nitrogen and oxygen atoms in total. The molecule has 3 rings (SSSR count). The van der Waals surface area contributed by atoms with E-state index in [2.05, 4.69) is 10.6 Å². The monoisotopic (exact) mass is 272 g/mol. The van der Waals surface area contributed by atoms with E-state index in [0.29, 0.717) is 13.1 Å². The van der Waals surface area contributed by atoms with E-state index in [1.807, 2.05) is 30.3 Å². The minimum absolute atomic E-state index is 0.00163. The van der Waals surface area contributed by atoms with Crippen molar-refractivity contribution in [1.82, 2.24) is 10.6 Å². The number of rotatable bonds is 4. The van der Waals surface area contributed by atoms with Gasteiger partial charge in [-0.25, -0.2) is 4.79 Å². The number of para-hydroxylation sites is 1. The Morgan fingerprint density at radius 2 is 2.10 bits per heavy atom. The SMILES string of the molecule is O=C(NCc1ccco1)NC[C@H]1Cc2ccccc2O1. The molecule has 0 spiro atoms. The van der Waals surface area contributed by atoms with Gasteiger partial charge in [0.1, 0.15) is 17.6 Å². The molecule has 20 heavy (non-hydrogen) atoms. The number of hydrogen-bond acceptors (Lipinski definition) is 3. The highest BCUT2D eigenvalue weighted by atomic mass is 16.5. The Bertz CT molecular complexity index is 556. The Balaban J connectivity index is 1.41. The highest BCUT2D eigenvalue weighted by molar-refractivity contribution is 5.73. The molecule has 2 amide bonds. The van der Waals surface area contributed by atoms with E-state index in [1.54, 1.807) is 12.3 Å². The molecule has 104 valence electrons. The van der Waals surface area contributed by atoms with Crippen LogP contribution in [0, 0.1) is 0 Å². The van der Waals surface area contributed by atoms with Crippen LogP contribution in [0.3, 0.4) is 0 Å². The number of benzene rings is 1. The van der Waals surface area contributed by atoms with Crippen LogP contribution in [0.1, 0.15) is 11.3 Å². The van der Waals surface area contributed by atoms with Crippen molar-refractivity contribution in [3.8, 4) is 5.75 Å². The maximum atomic E-state index is 11.6. The molecule has 0 saturated heterocycles. The van der Waals surface area contributed by atoms with Gasteiger partial charge in [0.2, 0.25) is 0 Å². The first-order valence-electron chi connectivity index (χ1n) is 6.60. The Morgan fingerprint density at radius 3 is 2.90 bits per heavy atom. The van der Waals surface area contributed by atoms with E-state index in [4.69, 9.17) is 9.15 Å². The number of urea groups is 1. The van der Waals surface area contributed by atoms with Gasteiger partial charge in [0.15, 0.2) is 0 Å². The van der Waals surface area contributed by atoms with E-state index >= 15 is 0 Å². The Kier molecular flexibility index (Phi) is 3.58. The Morgan fingerprint density at radius 1 is 1.20 bits per heavy atom. The van der Waals surface area contributed by atoms with Crippen LogP contribution in [0.4, 0.5) is 4.79 Å². The smallest absolute Gasteiger partial charge is 0.315 e. The van der Waals surface area contributed by atoms with Gasteiger partial charge in [0.05, 0.1) is 19.4 Å². The largest absolute Gasteiger partial charge is 0.488 e. The first-order valence-corrected chi connectivity index (χ1v) is 6.60. The van der Waals surface area contributed by atoms with Crippen molar-refractivity contribution in [1.29, 1.82) is 0 Å². The lowest BCUT2D eigenvalue weighted by molar-refractivity contribution is 0.213. The van der Waals surface area contributed by atoms with Gasteiger partial charge in [-0.3, -0.25) is 0 Å². The lowest BCUT2D eigenvalue weighted by atomic mass is 10.1. The summed E-state index contributed by atoms with van der Waals surface area (Å²) in [6, 6.07) is 11.3. The van der Waals surface area contributed by atoms with Gasteiger partial charge >= 0.3 is 6.03 Å². The lowest BCUT2D eigenvalue weighted by Gasteiger charge is -2.12. The molecule has 0 saturated carbocycles. The zero-order chi connectivity index (χ0) is 13.8. The van der Waals surface area contributed by atoms with Gasteiger partial charge in [-0.2, -0.15) is 0 Å². The fourth-order valence-corrected chi connectivity index (χ4v) is 2.22. The van der Waals surface area contributed by atoms with Gasteiger partial charge in [0.25, 0.3) is 0 Å². The van der Waals surface area contributed by atoms with Gasteiger partial charge < -0.3 is 19.8 Å². The molecule has 0 bridgehead atoms. The summed E-state index contributed by atoms with van der Waals surface area (Å²) in [5, 5.41) is 5.54. The first-order chi connectivity index (χ1) is 9.81. The summed E-state index contributed by atoms with van der Waals surface area (Å²) in [5.74, 6) is 1.64. The molecule has 0 fully saturated rings. The molecule has 0 radical (unpaired) electrons. The Hall–Kier alpha value is -2.43. The van der Waals surface area contributed by atoms with E-state index in [9.17, 15) is 4.79 Å². The number of amides is 2. The van der Waals surface area contributed by atoms with Crippen LogP contribution in [0.2, 0.25) is 0 Å². The molecular formula is C15H16N2O3. The summed E-state index contributed by atoms with van der Waals surface area (Å²) in [6.07, 6.45) is 2.41. The minimum atomic E-state index is -0.221. The van der Waals surface area contributed by atoms with E-state index in [-0.39, 0.29) is 12.1 Å². The zero-order valence-corrected chi connectivity index (χ0v) is 11.0. The van der Waals surface area contributed by atoms with Crippen LogP contribution in [0.25, 0.3) is 0 Å². The third kappa shape index (κ3) is 2.93. The molecule has 0 unspecified atom stereocenters. The van der Waals surface area contributed by atoms with Gasteiger partial charge in [-0.15, -0.1) is 0 Å². The first kappa shape index (κ1) is 12.6. The standard InChI is InChI=1S/C15H16N2O3/c18-15(16-9-12-5-3-7-19-12)17-10-13-8-11-4-1-2-6-14(11)20-13/h1-7,13H,8-10H2,(H2,16,17,18)/t13-/m1/s1. The van der Waals surface area contributed by atoms with Gasteiger partial charge in [-0.05, 0) is 23.8 Å². The second kappa shape index (κ2) is 5.69. The fourth-order valence-electron chi connectivity index (χ4n) is 2.22. The second-order valence-corrected chi connectivity index (χ2v) is 4.69. The molecule has 1 aliphatic heterocycles. The average molecular weight is 272 g/mol. The van der Waals surface area contributed by atoms with Gasteiger partial charge in [-0.1, -0.05) is 18.2 Å². The summed E-state index contributed by atoms with van der Waals surface area (Å²) in [6.45, 7) is 0.864. The molecule has 2 heterocycles. The molecule has 1 aromatic heterocycles. The van der Waals surface area contributed by atoms with E-state index < -0.39 is 0 Å². The second-order valence-electron chi connectivity index (χ2n) is 4.69. The number of carbonyl (C=O) groups excluding carboxylic acids is 1. The van der Waals surface area contributed by atoms with Crippen molar-refractivity contribution >= 4 is 6.03 Å². The normalized spacial score (nSPS) is 16.3. The minimum Gasteiger partial charge on any atom is -0.488 e. The van der Waals surface area contributed by atoms with Crippen LogP contribution < -0.4 is 15.4 Å². The number of nitrogens with one attached hydrogen (secondary N) is 2. The average Bonchev–Trinajstić information content (AvgIpc) is 3.11. The van der Waals surface area contributed by atoms with Crippen LogP contribution in [-0.4, -0.2) is 18.7 Å². The Labute approximate surface area is 116 Å². The maximum Gasteiger partial charge on any atom is 0.315 e. The summed E-state index contributed by atoms with van der Waals surface area (Å²) in [5.41, 5.74) is 1.19. The summed E-state index contributed by atoms with van der Waals surface area (Å²) >= 11 is 0. The highest BCUT2D eigenvalue weighted by Crippen LogP contribution is 2.27. The molecule has 1 atom stereocenters. The van der Waals surface area contributed by atoms with Crippen LogP contribution in [-0.2, 0) is 13.0 Å². The summed E-state index contributed by atoms with van der Waals surface area (Å²) < 4.78 is 10.9. The number of ether oxygens (including phenoxy) is 1. The number of carbonyl (C=O) groups is 1. The molecule has 5 heteroatoms. The molecule has 1 aromatic carbocycles.